The van der Waals surface area contributed by atoms with E-state index in [9.17, 15) is 14.3 Å². The van der Waals surface area contributed by atoms with Crippen LogP contribution in [-0.4, -0.2) is 23.8 Å². The summed E-state index contributed by atoms with van der Waals surface area (Å²) in [5.74, 6) is 1.20. The number of para-hydroxylation sites is 2. The number of allylic oxidation sites excluding steroid dienone is 1. The van der Waals surface area contributed by atoms with Gasteiger partial charge in [-0.1, -0.05) is 64.7 Å². The minimum absolute atomic E-state index is 0.105. The van der Waals surface area contributed by atoms with Crippen molar-refractivity contribution in [3.05, 3.63) is 71.8 Å². The smallest absolute Gasteiger partial charge is 0.305 e. The Morgan fingerprint density at radius 2 is 1.97 bits per heavy atom. The van der Waals surface area contributed by atoms with Gasteiger partial charge in [-0.05, 0) is 60.3 Å². The summed E-state index contributed by atoms with van der Waals surface area (Å²) in [5.41, 5.74) is -0.242. The number of carbonyl (C=O) groups is 1. The molecule has 0 aliphatic heterocycles. The molecule has 1 N–H and O–H groups in total. The molecule has 0 spiro atoms. The van der Waals surface area contributed by atoms with Gasteiger partial charge in [0.15, 0.2) is 0 Å². The van der Waals surface area contributed by atoms with Gasteiger partial charge in [-0.2, -0.15) is 4.39 Å². The quantitative estimate of drug-likeness (QED) is 0.278. The Hall–Kier alpha value is -2.39. The second-order valence-electron chi connectivity index (χ2n) is 8.50. The van der Waals surface area contributed by atoms with Crippen LogP contribution in [0.4, 0.5) is 4.39 Å². The van der Waals surface area contributed by atoms with E-state index >= 15 is 0 Å². The van der Waals surface area contributed by atoms with Gasteiger partial charge in [0.1, 0.15) is 11.5 Å². The third kappa shape index (κ3) is 6.32. The standard InChI is InChI=1S/C26H32FO4P/c1-18-13-15-22(23-11-6-8-19(25(23)29)14-16-24(28)30-2)21(18)12-7-17-26(27,32)31-20-9-4-3-5-10-20/h3-12,18,21-22,29H,13-17,32H2,1-2H3/b12-7+/t18-,21?,22+,26?/m1/s1. The third-order valence-corrected chi connectivity index (χ3v) is 6.57. The number of hydrogen-bond donors (Lipinski definition) is 1. The Kier molecular flexibility index (Phi) is 8.31. The zero-order valence-corrected chi connectivity index (χ0v) is 19.8. The molecule has 3 unspecified atom stereocenters. The van der Waals surface area contributed by atoms with Crippen molar-refractivity contribution >= 4 is 15.2 Å². The predicted molar refractivity (Wildman–Crippen MR) is 127 cm³/mol. The number of aromatic hydroxyl groups is 1. The zero-order chi connectivity index (χ0) is 23.1. The molecule has 1 aliphatic carbocycles. The molecule has 0 radical (unpaired) electrons. The topological polar surface area (TPSA) is 55.8 Å². The molecule has 1 fully saturated rings. The molecule has 1 aliphatic rings. The lowest BCUT2D eigenvalue weighted by Gasteiger charge is -2.23. The lowest BCUT2D eigenvalue weighted by Crippen LogP contribution is -2.21. The molecular formula is C26H32FO4P. The fourth-order valence-electron chi connectivity index (χ4n) is 4.47. The molecule has 0 amide bonds. The molecule has 6 heteroatoms. The molecule has 0 bridgehead atoms. The third-order valence-electron chi connectivity index (χ3n) is 6.22. The fraction of sp³-hybridized carbons (Fsp3) is 0.423. The lowest BCUT2D eigenvalue weighted by atomic mass is 9.83. The minimum atomic E-state index is -1.88. The van der Waals surface area contributed by atoms with E-state index in [1.165, 1.54) is 7.11 Å². The van der Waals surface area contributed by atoms with Gasteiger partial charge in [0.05, 0.1) is 7.11 Å². The summed E-state index contributed by atoms with van der Waals surface area (Å²) in [6.07, 6.45) is 6.66. The Bertz CT molecular complexity index is 929. The molecule has 5 atom stereocenters. The maximum Gasteiger partial charge on any atom is 0.305 e. The van der Waals surface area contributed by atoms with Crippen LogP contribution in [0.3, 0.4) is 0 Å². The second kappa shape index (κ2) is 11.0. The number of aryl methyl sites for hydroxylation is 1. The van der Waals surface area contributed by atoms with Crippen molar-refractivity contribution in [2.45, 2.75) is 50.5 Å². The number of phenolic OH excluding ortho intramolecular Hbond substituents is 1. The highest BCUT2D eigenvalue weighted by Gasteiger charge is 2.34. The number of phenols is 1. The Labute approximate surface area is 192 Å². The molecule has 0 heterocycles. The first-order chi connectivity index (χ1) is 15.3. The van der Waals surface area contributed by atoms with Gasteiger partial charge in [-0.3, -0.25) is 4.79 Å². The van der Waals surface area contributed by atoms with E-state index in [0.29, 0.717) is 18.1 Å². The first-order valence-electron chi connectivity index (χ1n) is 11.1. The highest BCUT2D eigenvalue weighted by atomic mass is 31.0. The zero-order valence-electron chi connectivity index (χ0n) is 18.7. The fourth-order valence-corrected chi connectivity index (χ4v) is 4.75. The molecule has 0 saturated heterocycles. The first kappa shape index (κ1) is 24.3. The summed E-state index contributed by atoms with van der Waals surface area (Å²) in [6.45, 7) is 2.19. The van der Waals surface area contributed by atoms with Gasteiger partial charge >= 0.3 is 5.97 Å². The molecule has 4 nitrogen and oxygen atoms in total. The van der Waals surface area contributed by atoms with Crippen LogP contribution >= 0.6 is 9.24 Å². The maximum atomic E-state index is 14.9. The molecule has 32 heavy (non-hydrogen) atoms. The summed E-state index contributed by atoms with van der Waals surface area (Å²) in [5, 5.41) is 10.9. The molecule has 172 valence electrons. The highest BCUT2D eigenvalue weighted by Crippen LogP contribution is 2.47. The number of rotatable bonds is 9. The van der Waals surface area contributed by atoms with Gasteiger partial charge in [-0.15, -0.1) is 0 Å². The molecule has 1 saturated carbocycles. The van der Waals surface area contributed by atoms with E-state index in [-0.39, 0.29) is 36.4 Å². The van der Waals surface area contributed by atoms with Crippen LogP contribution in [0.15, 0.2) is 60.7 Å². The number of hydrogen-bond acceptors (Lipinski definition) is 4. The monoisotopic (exact) mass is 458 g/mol. The highest BCUT2D eigenvalue weighted by molar-refractivity contribution is 7.18. The van der Waals surface area contributed by atoms with Crippen molar-refractivity contribution < 1.29 is 23.8 Å². The number of halogens is 1. The summed E-state index contributed by atoms with van der Waals surface area (Å²) < 4.78 is 25.0. The van der Waals surface area contributed by atoms with Gasteiger partial charge in [-0.25, -0.2) is 0 Å². The van der Waals surface area contributed by atoms with Crippen LogP contribution in [0.5, 0.6) is 11.5 Å². The van der Waals surface area contributed by atoms with Crippen LogP contribution in [0, 0.1) is 11.8 Å². The average Bonchev–Trinajstić information content (AvgIpc) is 3.13. The maximum absolute atomic E-state index is 14.9. The molecular weight excluding hydrogens is 426 g/mol. The van der Waals surface area contributed by atoms with Gasteiger partial charge < -0.3 is 14.6 Å². The Morgan fingerprint density at radius 3 is 2.69 bits per heavy atom. The number of ether oxygens (including phenoxy) is 2. The van der Waals surface area contributed by atoms with Crippen molar-refractivity contribution in [2.75, 3.05) is 7.11 Å². The first-order valence-corrected chi connectivity index (χ1v) is 11.6. The molecule has 2 aromatic carbocycles. The lowest BCUT2D eigenvalue weighted by molar-refractivity contribution is -0.140. The normalized spacial score (nSPS) is 22.6. The van der Waals surface area contributed by atoms with Crippen LogP contribution < -0.4 is 4.74 Å². The van der Waals surface area contributed by atoms with E-state index in [1.807, 2.05) is 42.5 Å². The van der Waals surface area contributed by atoms with E-state index in [2.05, 4.69) is 22.2 Å². The van der Waals surface area contributed by atoms with Crippen molar-refractivity contribution in [3.63, 3.8) is 0 Å². The number of carbonyl (C=O) groups excluding carboxylic acids is 1. The van der Waals surface area contributed by atoms with Crippen LogP contribution in [-0.2, 0) is 16.0 Å². The average molecular weight is 459 g/mol. The van der Waals surface area contributed by atoms with E-state index in [0.717, 1.165) is 24.0 Å². The van der Waals surface area contributed by atoms with Crippen molar-refractivity contribution in [1.82, 2.24) is 0 Å². The Morgan fingerprint density at radius 1 is 1.22 bits per heavy atom. The Balaban J connectivity index is 1.70. The van der Waals surface area contributed by atoms with Gasteiger partial charge in [0.25, 0.3) is 5.60 Å². The number of methoxy groups -OCH3 is 1. The SMILES string of the molecule is COC(=O)CCc1cccc([C@H]2CC[C@@H](C)C2/C=C/CC(F)(P)Oc2ccccc2)c1O. The number of alkyl halides is 1. The predicted octanol–water partition coefficient (Wildman–Crippen LogP) is 6.15. The van der Waals surface area contributed by atoms with E-state index in [4.69, 9.17) is 9.47 Å². The van der Waals surface area contributed by atoms with Crippen molar-refractivity contribution in [3.8, 4) is 11.5 Å². The van der Waals surface area contributed by atoms with E-state index in [1.54, 1.807) is 12.1 Å². The minimum Gasteiger partial charge on any atom is -0.507 e. The summed E-state index contributed by atoms with van der Waals surface area (Å²) in [7, 11) is 3.51. The number of benzene rings is 2. The van der Waals surface area contributed by atoms with Gasteiger partial charge in [0, 0.05) is 12.8 Å². The second-order valence-corrected chi connectivity index (χ2v) is 9.37. The van der Waals surface area contributed by atoms with Gasteiger partial charge in [0.2, 0.25) is 0 Å². The summed E-state index contributed by atoms with van der Waals surface area (Å²) in [4.78, 5) is 11.5. The molecule has 2 aromatic rings. The van der Waals surface area contributed by atoms with Crippen LogP contribution in [0.2, 0.25) is 0 Å². The van der Waals surface area contributed by atoms with Crippen molar-refractivity contribution in [1.29, 1.82) is 0 Å². The summed E-state index contributed by atoms with van der Waals surface area (Å²) >= 11 is 0. The molecule has 3 rings (SSSR count). The van der Waals surface area contributed by atoms with Crippen LogP contribution in [0.1, 0.15) is 49.7 Å². The largest absolute Gasteiger partial charge is 0.507 e. The van der Waals surface area contributed by atoms with E-state index < -0.39 is 5.60 Å². The number of esters is 1. The molecule has 0 aromatic heterocycles. The summed E-state index contributed by atoms with van der Waals surface area (Å²) in [6, 6.07) is 14.7. The van der Waals surface area contributed by atoms with Crippen LogP contribution in [0.25, 0.3) is 0 Å². The van der Waals surface area contributed by atoms with Crippen molar-refractivity contribution in [2.24, 2.45) is 11.8 Å².